The zero-order valence-corrected chi connectivity index (χ0v) is 13.3. The molecular weight excluding hydrogens is 268 g/mol. The number of carboxylic acid groups (broad SMARTS) is 1. The lowest BCUT2D eigenvalue weighted by Crippen LogP contribution is -2.52. The molecule has 1 saturated carbocycles. The van der Waals surface area contributed by atoms with Gasteiger partial charge in [0.15, 0.2) is 0 Å². The van der Waals surface area contributed by atoms with Crippen LogP contribution in [0.4, 0.5) is 0 Å². The summed E-state index contributed by atoms with van der Waals surface area (Å²) in [7, 11) is 0. The molecule has 21 heavy (non-hydrogen) atoms. The Morgan fingerprint density at radius 1 is 1.14 bits per heavy atom. The van der Waals surface area contributed by atoms with Crippen LogP contribution in [-0.4, -0.2) is 59.0 Å². The second-order valence-electron chi connectivity index (χ2n) is 6.64. The first-order chi connectivity index (χ1) is 9.98. The zero-order valence-electron chi connectivity index (χ0n) is 13.3. The minimum atomic E-state index is -0.787. The summed E-state index contributed by atoms with van der Waals surface area (Å²) in [6, 6.07) is 0.558. The van der Waals surface area contributed by atoms with Gasteiger partial charge in [0.05, 0.1) is 5.41 Å². The van der Waals surface area contributed by atoms with Gasteiger partial charge >= 0.3 is 5.97 Å². The van der Waals surface area contributed by atoms with Crippen molar-refractivity contribution in [1.82, 2.24) is 9.80 Å². The molecule has 1 aliphatic carbocycles. The highest BCUT2D eigenvalue weighted by Crippen LogP contribution is 2.41. The standard InChI is InChI=1S/C16H28N2O3/c1-3-13(2)17-8-10-18(11-9-17)14(19)12-16(15(20)21)6-4-5-7-16/h13H,3-12H2,1-2H3,(H,20,21). The zero-order chi connectivity index (χ0) is 15.5. The van der Waals surface area contributed by atoms with Gasteiger partial charge in [-0.05, 0) is 26.2 Å². The van der Waals surface area contributed by atoms with E-state index in [9.17, 15) is 14.7 Å². The highest BCUT2D eigenvalue weighted by Gasteiger charge is 2.44. The molecule has 5 nitrogen and oxygen atoms in total. The average molecular weight is 296 g/mol. The topological polar surface area (TPSA) is 60.9 Å². The van der Waals surface area contributed by atoms with Crippen LogP contribution in [0.3, 0.4) is 0 Å². The molecule has 2 fully saturated rings. The van der Waals surface area contributed by atoms with Gasteiger partial charge in [-0.2, -0.15) is 0 Å². The molecule has 2 aliphatic rings. The number of hydrogen-bond acceptors (Lipinski definition) is 3. The highest BCUT2D eigenvalue weighted by molar-refractivity contribution is 5.85. The van der Waals surface area contributed by atoms with E-state index in [1.807, 2.05) is 4.90 Å². The molecule has 1 aliphatic heterocycles. The van der Waals surface area contributed by atoms with Gasteiger partial charge in [-0.25, -0.2) is 0 Å². The van der Waals surface area contributed by atoms with Crippen LogP contribution in [0.2, 0.25) is 0 Å². The van der Waals surface area contributed by atoms with Crippen LogP contribution in [0.5, 0.6) is 0 Å². The number of carbonyl (C=O) groups is 2. The van der Waals surface area contributed by atoms with E-state index in [-0.39, 0.29) is 12.3 Å². The van der Waals surface area contributed by atoms with E-state index in [4.69, 9.17) is 0 Å². The third-order valence-corrected chi connectivity index (χ3v) is 5.39. The molecule has 0 aromatic rings. The van der Waals surface area contributed by atoms with Crippen molar-refractivity contribution in [2.45, 2.75) is 58.4 Å². The van der Waals surface area contributed by atoms with Gasteiger partial charge in [0.25, 0.3) is 0 Å². The average Bonchev–Trinajstić information content (AvgIpc) is 2.96. The van der Waals surface area contributed by atoms with Crippen molar-refractivity contribution in [1.29, 1.82) is 0 Å². The lowest BCUT2D eigenvalue weighted by molar-refractivity contribution is -0.153. The van der Waals surface area contributed by atoms with Crippen molar-refractivity contribution >= 4 is 11.9 Å². The molecule has 1 atom stereocenters. The first-order valence-corrected chi connectivity index (χ1v) is 8.24. The Balaban J connectivity index is 1.89. The fourth-order valence-electron chi connectivity index (χ4n) is 3.59. The summed E-state index contributed by atoms with van der Waals surface area (Å²) in [5, 5.41) is 9.48. The first-order valence-electron chi connectivity index (χ1n) is 8.24. The van der Waals surface area contributed by atoms with E-state index in [1.54, 1.807) is 0 Å². The number of amides is 1. The third-order valence-electron chi connectivity index (χ3n) is 5.39. The van der Waals surface area contributed by atoms with Crippen LogP contribution >= 0.6 is 0 Å². The molecule has 0 radical (unpaired) electrons. The molecule has 0 spiro atoms. The largest absolute Gasteiger partial charge is 0.481 e. The molecule has 2 rings (SSSR count). The third kappa shape index (κ3) is 3.57. The van der Waals surface area contributed by atoms with Crippen LogP contribution < -0.4 is 0 Å². The second kappa shape index (κ2) is 6.77. The van der Waals surface area contributed by atoms with Crippen molar-refractivity contribution in [3.05, 3.63) is 0 Å². The Labute approximate surface area is 127 Å². The van der Waals surface area contributed by atoms with E-state index in [0.29, 0.717) is 18.9 Å². The van der Waals surface area contributed by atoms with Crippen LogP contribution in [0, 0.1) is 5.41 Å². The molecule has 1 unspecified atom stereocenters. The summed E-state index contributed by atoms with van der Waals surface area (Å²) in [5.74, 6) is -0.755. The van der Waals surface area contributed by atoms with Crippen molar-refractivity contribution < 1.29 is 14.7 Å². The molecule has 1 amide bonds. The molecular formula is C16H28N2O3. The summed E-state index contributed by atoms with van der Waals surface area (Å²) in [4.78, 5) is 28.3. The highest BCUT2D eigenvalue weighted by atomic mass is 16.4. The number of carbonyl (C=O) groups excluding carboxylic acids is 1. The lowest BCUT2D eigenvalue weighted by atomic mass is 9.82. The fraction of sp³-hybridized carbons (Fsp3) is 0.875. The fourth-order valence-corrected chi connectivity index (χ4v) is 3.59. The van der Waals surface area contributed by atoms with Gasteiger partial charge < -0.3 is 10.0 Å². The Morgan fingerprint density at radius 3 is 2.19 bits per heavy atom. The van der Waals surface area contributed by atoms with Gasteiger partial charge in [0.1, 0.15) is 0 Å². The van der Waals surface area contributed by atoms with E-state index >= 15 is 0 Å². The van der Waals surface area contributed by atoms with Gasteiger partial charge in [-0.3, -0.25) is 14.5 Å². The first kappa shape index (κ1) is 16.3. The van der Waals surface area contributed by atoms with Crippen LogP contribution in [0.15, 0.2) is 0 Å². The number of hydrogen-bond donors (Lipinski definition) is 1. The van der Waals surface area contributed by atoms with E-state index in [0.717, 1.165) is 45.4 Å². The minimum absolute atomic E-state index is 0.0306. The van der Waals surface area contributed by atoms with E-state index in [2.05, 4.69) is 18.7 Å². The summed E-state index contributed by atoms with van der Waals surface area (Å²) >= 11 is 0. The van der Waals surface area contributed by atoms with Crippen LogP contribution in [-0.2, 0) is 9.59 Å². The second-order valence-corrected chi connectivity index (χ2v) is 6.64. The molecule has 1 saturated heterocycles. The minimum Gasteiger partial charge on any atom is -0.481 e. The summed E-state index contributed by atoms with van der Waals surface area (Å²) < 4.78 is 0. The van der Waals surface area contributed by atoms with Gasteiger partial charge in [-0.15, -0.1) is 0 Å². The maximum absolute atomic E-state index is 12.5. The summed E-state index contributed by atoms with van der Waals surface area (Å²) in [6.45, 7) is 7.67. The maximum atomic E-state index is 12.5. The predicted octanol–water partition coefficient (Wildman–Crippen LogP) is 1.96. The van der Waals surface area contributed by atoms with E-state index < -0.39 is 11.4 Å². The summed E-state index contributed by atoms with van der Waals surface area (Å²) in [5.41, 5.74) is -0.787. The Bertz CT molecular complexity index is 383. The quantitative estimate of drug-likeness (QED) is 0.842. The maximum Gasteiger partial charge on any atom is 0.310 e. The number of aliphatic carboxylic acids is 1. The normalized spacial score (nSPS) is 24.0. The van der Waals surface area contributed by atoms with Crippen molar-refractivity contribution in [3.63, 3.8) is 0 Å². The molecule has 0 aromatic carbocycles. The Morgan fingerprint density at radius 2 is 1.71 bits per heavy atom. The van der Waals surface area contributed by atoms with Gasteiger partial charge in [0, 0.05) is 38.6 Å². The molecule has 0 aromatic heterocycles. The molecule has 0 bridgehead atoms. The number of piperazine rings is 1. The van der Waals surface area contributed by atoms with Crippen LogP contribution in [0.25, 0.3) is 0 Å². The summed E-state index contributed by atoms with van der Waals surface area (Å²) in [6.07, 6.45) is 4.48. The number of nitrogens with zero attached hydrogens (tertiary/aromatic N) is 2. The van der Waals surface area contributed by atoms with Gasteiger partial charge in [0.2, 0.25) is 5.91 Å². The van der Waals surface area contributed by atoms with Crippen molar-refractivity contribution in [3.8, 4) is 0 Å². The van der Waals surface area contributed by atoms with Crippen molar-refractivity contribution in [2.24, 2.45) is 5.41 Å². The Hall–Kier alpha value is -1.10. The van der Waals surface area contributed by atoms with Crippen molar-refractivity contribution in [2.75, 3.05) is 26.2 Å². The monoisotopic (exact) mass is 296 g/mol. The Kier molecular flexibility index (Phi) is 5.25. The molecule has 5 heteroatoms. The smallest absolute Gasteiger partial charge is 0.310 e. The lowest BCUT2D eigenvalue weighted by Gasteiger charge is -2.38. The predicted molar refractivity (Wildman–Crippen MR) is 81.1 cm³/mol. The van der Waals surface area contributed by atoms with Crippen LogP contribution in [0.1, 0.15) is 52.4 Å². The molecule has 1 heterocycles. The van der Waals surface area contributed by atoms with E-state index in [1.165, 1.54) is 0 Å². The van der Waals surface area contributed by atoms with Gasteiger partial charge in [-0.1, -0.05) is 19.8 Å². The number of carboxylic acids is 1. The molecule has 120 valence electrons. The number of rotatable bonds is 5. The molecule has 1 N–H and O–H groups in total. The SMILES string of the molecule is CCC(C)N1CCN(C(=O)CC2(C(=O)O)CCCC2)CC1.